The lowest BCUT2D eigenvalue weighted by atomic mass is 10.1. The Balaban J connectivity index is 4.76. The third-order valence-corrected chi connectivity index (χ3v) is 7.02. The number of hydrogen-bond donors (Lipinski definition) is 7. The molecule has 13 heteroatoms. The molecule has 0 aliphatic heterocycles. The van der Waals surface area contributed by atoms with Gasteiger partial charge >= 0.3 is 0 Å². The van der Waals surface area contributed by atoms with Crippen molar-refractivity contribution in [1.29, 1.82) is 0 Å². The summed E-state index contributed by atoms with van der Waals surface area (Å²) in [5, 5.41) is 17.1. The van der Waals surface area contributed by atoms with Crippen LogP contribution in [-0.4, -0.2) is 80.3 Å². The van der Waals surface area contributed by atoms with Gasteiger partial charge in [0, 0.05) is 32.4 Å². The molecule has 0 heterocycles. The molecule has 3 atom stereocenters. The molecule has 0 radical (unpaired) electrons. The Morgan fingerprint density at radius 3 is 1.20 bits per heavy atom. The molecule has 0 aromatic carbocycles. The highest BCUT2D eigenvalue weighted by molar-refractivity contribution is 5.88. The molecule has 0 aromatic rings. The van der Waals surface area contributed by atoms with Crippen LogP contribution in [0.2, 0.25) is 0 Å². The van der Waals surface area contributed by atoms with Gasteiger partial charge in [0.15, 0.2) is 0 Å². The van der Waals surface area contributed by atoms with Gasteiger partial charge in [-0.3, -0.25) is 28.8 Å². The predicted molar refractivity (Wildman–Crippen MR) is 171 cm³/mol. The summed E-state index contributed by atoms with van der Waals surface area (Å²) in [4.78, 5) is 73.5. The maximum Gasteiger partial charge on any atom is 0.242 e. The van der Waals surface area contributed by atoms with Gasteiger partial charge in [0.25, 0.3) is 0 Å². The van der Waals surface area contributed by atoms with E-state index in [4.69, 9.17) is 5.73 Å². The van der Waals surface area contributed by atoms with Crippen molar-refractivity contribution >= 4 is 35.4 Å². The van der Waals surface area contributed by atoms with E-state index < -0.39 is 24.0 Å². The van der Waals surface area contributed by atoms with Gasteiger partial charge < -0.3 is 37.6 Å². The van der Waals surface area contributed by atoms with Crippen LogP contribution < -0.4 is 37.6 Å². The Bertz CT molecular complexity index is 870. The normalized spacial score (nSPS) is 12.8. The summed E-state index contributed by atoms with van der Waals surface area (Å²) in [6.07, 6.45) is 8.46. The maximum atomic E-state index is 12.9. The summed E-state index contributed by atoms with van der Waals surface area (Å²) < 4.78 is 0. The van der Waals surface area contributed by atoms with Crippen LogP contribution in [0.15, 0.2) is 0 Å². The molecule has 0 fully saturated rings. The van der Waals surface area contributed by atoms with Crippen LogP contribution >= 0.6 is 0 Å². The highest BCUT2D eigenvalue weighted by Crippen LogP contribution is 2.06. The van der Waals surface area contributed by atoms with E-state index in [2.05, 4.69) is 31.9 Å². The molecule has 6 amide bonds. The van der Waals surface area contributed by atoms with E-state index >= 15 is 0 Å². The highest BCUT2D eigenvalue weighted by atomic mass is 16.2. The molecule has 0 aliphatic carbocycles. The minimum atomic E-state index is -0.743. The minimum Gasteiger partial charge on any atom is -0.368 e. The van der Waals surface area contributed by atoms with E-state index in [9.17, 15) is 28.8 Å². The molecule has 0 aromatic heterocycles. The molecular formula is C31H59N7O6. The van der Waals surface area contributed by atoms with Crippen molar-refractivity contribution < 1.29 is 28.8 Å². The Hall–Kier alpha value is -3.22. The second-order valence-corrected chi connectivity index (χ2v) is 11.2. The fraction of sp³-hybridized carbons (Fsp3) is 0.806. The zero-order valence-corrected chi connectivity index (χ0v) is 27.5. The number of hydrogen-bond acceptors (Lipinski definition) is 7. The van der Waals surface area contributed by atoms with Crippen molar-refractivity contribution in [2.24, 2.45) is 5.73 Å². The maximum absolute atomic E-state index is 12.9. The predicted octanol–water partition coefficient (Wildman–Crippen LogP) is 1.29. The highest BCUT2D eigenvalue weighted by Gasteiger charge is 2.22. The molecule has 0 spiro atoms. The first-order valence-corrected chi connectivity index (χ1v) is 16.5. The van der Waals surface area contributed by atoms with Crippen LogP contribution in [0.25, 0.3) is 0 Å². The summed E-state index contributed by atoms with van der Waals surface area (Å²) in [5.41, 5.74) is 5.41. The fourth-order valence-corrected chi connectivity index (χ4v) is 4.57. The van der Waals surface area contributed by atoms with E-state index in [-0.39, 0.29) is 29.5 Å². The first-order chi connectivity index (χ1) is 21.1. The zero-order chi connectivity index (χ0) is 33.2. The fourth-order valence-electron chi connectivity index (χ4n) is 4.57. The van der Waals surface area contributed by atoms with Crippen LogP contribution in [0.1, 0.15) is 117 Å². The van der Waals surface area contributed by atoms with Gasteiger partial charge in [-0.1, -0.05) is 20.8 Å². The molecule has 0 saturated heterocycles. The van der Waals surface area contributed by atoms with Crippen molar-refractivity contribution in [3.05, 3.63) is 0 Å². The Morgan fingerprint density at radius 2 is 0.864 bits per heavy atom. The van der Waals surface area contributed by atoms with Crippen molar-refractivity contribution in [1.82, 2.24) is 31.9 Å². The van der Waals surface area contributed by atoms with E-state index in [0.29, 0.717) is 96.6 Å². The Labute approximate surface area is 263 Å². The van der Waals surface area contributed by atoms with E-state index in [1.165, 1.54) is 0 Å². The third-order valence-electron chi connectivity index (χ3n) is 7.02. The van der Waals surface area contributed by atoms with Crippen LogP contribution in [-0.2, 0) is 28.8 Å². The van der Waals surface area contributed by atoms with Gasteiger partial charge in [0.05, 0.1) is 0 Å². The van der Waals surface area contributed by atoms with Crippen LogP contribution in [0.3, 0.4) is 0 Å². The largest absolute Gasteiger partial charge is 0.368 e. The SMILES string of the molecule is CCCC(=O)N[C@@H](CCCCNC(=O)[C@H](CCCCNC(=O)[C@H](CCCCNC)NC(=O)CCC)NC(=O)CCC)C(N)=O. The second kappa shape index (κ2) is 26.2. The summed E-state index contributed by atoms with van der Waals surface area (Å²) >= 11 is 0. The van der Waals surface area contributed by atoms with Crippen molar-refractivity contribution in [3.63, 3.8) is 0 Å². The molecule has 254 valence electrons. The molecule has 0 saturated carbocycles. The van der Waals surface area contributed by atoms with E-state index in [1.54, 1.807) is 0 Å². The molecule has 8 N–H and O–H groups in total. The summed E-state index contributed by atoms with van der Waals surface area (Å²) in [7, 11) is 1.87. The lowest BCUT2D eigenvalue weighted by molar-refractivity contribution is -0.129. The number of primary amides is 1. The number of rotatable bonds is 27. The van der Waals surface area contributed by atoms with E-state index in [0.717, 1.165) is 19.4 Å². The van der Waals surface area contributed by atoms with Gasteiger partial charge in [-0.15, -0.1) is 0 Å². The molecule has 0 unspecified atom stereocenters. The zero-order valence-electron chi connectivity index (χ0n) is 27.5. The van der Waals surface area contributed by atoms with Gasteiger partial charge in [-0.05, 0) is 90.6 Å². The smallest absolute Gasteiger partial charge is 0.242 e. The topological polar surface area (TPSA) is 201 Å². The molecule has 0 bridgehead atoms. The number of nitrogens with one attached hydrogen (secondary N) is 6. The second-order valence-electron chi connectivity index (χ2n) is 11.2. The number of unbranched alkanes of at least 4 members (excludes halogenated alkanes) is 3. The van der Waals surface area contributed by atoms with Crippen LogP contribution in [0.4, 0.5) is 0 Å². The Morgan fingerprint density at radius 1 is 0.523 bits per heavy atom. The molecular weight excluding hydrogens is 566 g/mol. The number of carbonyl (C=O) groups is 6. The summed E-state index contributed by atoms with van der Waals surface area (Å²) in [6.45, 7) is 7.26. The number of nitrogens with two attached hydrogens (primary N) is 1. The van der Waals surface area contributed by atoms with Gasteiger partial charge in [-0.2, -0.15) is 0 Å². The van der Waals surface area contributed by atoms with Crippen molar-refractivity contribution in [3.8, 4) is 0 Å². The van der Waals surface area contributed by atoms with Crippen LogP contribution in [0, 0.1) is 0 Å². The minimum absolute atomic E-state index is 0.135. The van der Waals surface area contributed by atoms with Gasteiger partial charge in [-0.25, -0.2) is 0 Å². The van der Waals surface area contributed by atoms with Gasteiger partial charge in [0.1, 0.15) is 18.1 Å². The quantitative estimate of drug-likeness (QED) is 0.0667. The van der Waals surface area contributed by atoms with Crippen LogP contribution in [0.5, 0.6) is 0 Å². The van der Waals surface area contributed by atoms with E-state index in [1.807, 2.05) is 27.8 Å². The first kappa shape index (κ1) is 40.8. The average Bonchev–Trinajstić information content (AvgIpc) is 2.97. The molecule has 13 nitrogen and oxygen atoms in total. The summed E-state index contributed by atoms with van der Waals surface area (Å²) in [6, 6.07) is -2.03. The third kappa shape index (κ3) is 20.6. The van der Waals surface area contributed by atoms with Crippen molar-refractivity contribution in [2.75, 3.05) is 26.7 Å². The number of amides is 6. The molecule has 0 rings (SSSR count). The molecule has 0 aliphatic rings. The van der Waals surface area contributed by atoms with Gasteiger partial charge in [0.2, 0.25) is 35.4 Å². The summed E-state index contributed by atoms with van der Waals surface area (Å²) in [5.74, 6) is -1.64. The molecule has 44 heavy (non-hydrogen) atoms. The first-order valence-electron chi connectivity index (χ1n) is 16.5. The van der Waals surface area contributed by atoms with Crippen molar-refractivity contribution in [2.45, 2.75) is 135 Å². The standard InChI is InChI=1S/C31H59N7O6/c1-5-14-26(39)36-23(29(32)42)17-9-12-21-34-31(44)25(38-28(41)16-7-3)19-10-13-22-35-30(43)24(18-8-11-20-33-4)37-27(40)15-6-2/h23-25,33H,5-22H2,1-4H3,(H2,32,42)(H,34,44)(H,35,43)(H,36,39)(H,37,40)(H,38,41)/t23-,24-,25-/m0/s1. The number of carbonyl (C=O) groups excluding carboxylic acids is 6. The Kier molecular flexibility index (Phi) is 24.3. The lowest BCUT2D eigenvalue weighted by Gasteiger charge is -2.20. The lowest BCUT2D eigenvalue weighted by Crippen LogP contribution is -2.47. The monoisotopic (exact) mass is 625 g/mol. The average molecular weight is 626 g/mol.